The SMILES string of the molecule is Cc1cc(Cl)ccc1NC(=O)COC(=O)/C(C#N)=C/c1ccc(C(C)C)cc1. The molecule has 2 aromatic carbocycles. The second kappa shape index (κ2) is 9.72. The van der Waals surface area contributed by atoms with Gasteiger partial charge in [-0.1, -0.05) is 49.7 Å². The molecule has 0 bridgehead atoms. The molecule has 0 heterocycles. The maximum Gasteiger partial charge on any atom is 0.349 e. The van der Waals surface area contributed by atoms with E-state index < -0.39 is 18.5 Å². The van der Waals surface area contributed by atoms with Crippen LogP contribution in [0.2, 0.25) is 5.02 Å². The van der Waals surface area contributed by atoms with E-state index in [1.807, 2.05) is 30.3 Å². The van der Waals surface area contributed by atoms with Crippen molar-refractivity contribution < 1.29 is 14.3 Å². The van der Waals surface area contributed by atoms with Crippen molar-refractivity contribution in [2.45, 2.75) is 26.7 Å². The molecule has 0 saturated carbocycles. The predicted octanol–water partition coefficient (Wildman–Crippen LogP) is 4.86. The highest BCUT2D eigenvalue weighted by Gasteiger charge is 2.14. The minimum atomic E-state index is -0.849. The van der Waals surface area contributed by atoms with Gasteiger partial charge in [0.05, 0.1) is 0 Å². The van der Waals surface area contributed by atoms with Crippen LogP contribution in [0.3, 0.4) is 0 Å². The van der Waals surface area contributed by atoms with Gasteiger partial charge in [-0.3, -0.25) is 4.79 Å². The lowest BCUT2D eigenvalue weighted by Crippen LogP contribution is -2.21. The first-order chi connectivity index (χ1) is 13.3. The molecule has 1 N–H and O–H groups in total. The molecule has 0 aliphatic rings. The van der Waals surface area contributed by atoms with Crippen LogP contribution in [-0.2, 0) is 14.3 Å². The first kappa shape index (κ1) is 21.2. The Hall–Kier alpha value is -3.10. The molecule has 0 aliphatic carbocycles. The van der Waals surface area contributed by atoms with Gasteiger partial charge in [0, 0.05) is 10.7 Å². The molecule has 144 valence electrons. The number of anilines is 1. The van der Waals surface area contributed by atoms with E-state index in [4.69, 9.17) is 16.3 Å². The zero-order valence-electron chi connectivity index (χ0n) is 16.0. The average Bonchev–Trinajstić information content (AvgIpc) is 2.66. The highest BCUT2D eigenvalue weighted by molar-refractivity contribution is 6.30. The van der Waals surface area contributed by atoms with Crippen molar-refractivity contribution in [2.75, 3.05) is 11.9 Å². The number of aryl methyl sites for hydroxylation is 1. The van der Waals surface area contributed by atoms with E-state index in [1.165, 1.54) is 6.08 Å². The third kappa shape index (κ3) is 5.97. The van der Waals surface area contributed by atoms with Crippen LogP contribution < -0.4 is 5.32 Å². The number of halogens is 1. The summed E-state index contributed by atoms with van der Waals surface area (Å²) in [5.41, 5.74) is 3.06. The number of rotatable bonds is 6. The Kier molecular flexibility index (Phi) is 7.36. The van der Waals surface area contributed by atoms with Gasteiger partial charge in [0.15, 0.2) is 6.61 Å². The summed E-state index contributed by atoms with van der Waals surface area (Å²) >= 11 is 5.88. The minimum Gasteiger partial charge on any atom is -0.451 e. The monoisotopic (exact) mass is 396 g/mol. The van der Waals surface area contributed by atoms with Gasteiger partial charge in [-0.05, 0) is 53.8 Å². The molecule has 0 aromatic heterocycles. The molecule has 28 heavy (non-hydrogen) atoms. The van der Waals surface area contributed by atoms with Crippen molar-refractivity contribution in [3.05, 3.63) is 69.8 Å². The number of nitriles is 1. The van der Waals surface area contributed by atoms with Crippen LogP contribution in [0.15, 0.2) is 48.0 Å². The normalized spacial score (nSPS) is 11.1. The number of amides is 1. The Labute approximate surface area is 169 Å². The first-order valence-electron chi connectivity index (χ1n) is 8.75. The summed E-state index contributed by atoms with van der Waals surface area (Å²) in [7, 11) is 0. The minimum absolute atomic E-state index is 0.173. The number of hydrogen-bond donors (Lipinski definition) is 1. The van der Waals surface area contributed by atoms with E-state index in [9.17, 15) is 14.9 Å². The third-order valence-corrected chi connectivity index (χ3v) is 4.29. The number of nitrogens with one attached hydrogen (secondary N) is 1. The second-order valence-electron chi connectivity index (χ2n) is 6.57. The quantitative estimate of drug-likeness (QED) is 0.429. The van der Waals surface area contributed by atoms with Crippen molar-refractivity contribution in [2.24, 2.45) is 0 Å². The van der Waals surface area contributed by atoms with Crippen molar-refractivity contribution in [3.8, 4) is 6.07 Å². The third-order valence-electron chi connectivity index (χ3n) is 4.05. The molecular formula is C22H21ClN2O3. The van der Waals surface area contributed by atoms with Crippen LogP contribution in [0.1, 0.15) is 36.5 Å². The lowest BCUT2D eigenvalue weighted by atomic mass is 10.0. The van der Waals surface area contributed by atoms with E-state index in [1.54, 1.807) is 25.1 Å². The van der Waals surface area contributed by atoms with Crippen LogP contribution in [0.25, 0.3) is 6.08 Å². The number of carbonyl (C=O) groups is 2. The van der Waals surface area contributed by atoms with Gasteiger partial charge in [-0.25, -0.2) is 4.79 Å². The molecule has 0 atom stereocenters. The summed E-state index contributed by atoms with van der Waals surface area (Å²) in [5.74, 6) is -0.961. The first-order valence-corrected chi connectivity index (χ1v) is 9.13. The van der Waals surface area contributed by atoms with Crippen molar-refractivity contribution in [1.29, 1.82) is 5.26 Å². The number of hydrogen-bond acceptors (Lipinski definition) is 4. The molecular weight excluding hydrogens is 376 g/mol. The van der Waals surface area contributed by atoms with E-state index in [0.29, 0.717) is 22.2 Å². The zero-order chi connectivity index (χ0) is 20.7. The number of esters is 1. The van der Waals surface area contributed by atoms with Gasteiger partial charge >= 0.3 is 5.97 Å². The lowest BCUT2D eigenvalue weighted by molar-refractivity contribution is -0.142. The maximum atomic E-state index is 12.1. The Bertz CT molecular complexity index is 941. The number of ether oxygens (including phenoxy) is 1. The number of nitrogens with zero attached hydrogens (tertiary/aromatic N) is 1. The second-order valence-corrected chi connectivity index (χ2v) is 7.01. The number of carbonyl (C=O) groups excluding carboxylic acids is 2. The van der Waals surface area contributed by atoms with Crippen molar-refractivity contribution in [1.82, 2.24) is 0 Å². The molecule has 0 aliphatic heterocycles. The molecule has 0 fully saturated rings. The zero-order valence-corrected chi connectivity index (χ0v) is 16.7. The van der Waals surface area contributed by atoms with Gasteiger partial charge in [0.2, 0.25) is 0 Å². The highest BCUT2D eigenvalue weighted by Crippen LogP contribution is 2.19. The van der Waals surface area contributed by atoms with E-state index in [0.717, 1.165) is 11.1 Å². The highest BCUT2D eigenvalue weighted by atomic mass is 35.5. The molecule has 5 nitrogen and oxygen atoms in total. The van der Waals surface area contributed by atoms with Gasteiger partial charge in [-0.2, -0.15) is 5.26 Å². The molecule has 1 amide bonds. The smallest absolute Gasteiger partial charge is 0.349 e. The predicted molar refractivity (Wildman–Crippen MR) is 110 cm³/mol. The standard InChI is InChI=1S/C22H21ClN2O3/c1-14(2)17-6-4-16(5-7-17)11-18(12-24)22(27)28-13-21(26)25-20-9-8-19(23)10-15(20)3/h4-11,14H,13H2,1-3H3,(H,25,26)/b18-11+. The Morgan fingerprint density at radius 3 is 2.46 bits per heavy atom. The largest absolute Gasteiger partial charge is 0.451 e. The van der Waals surface area contributed by atoms with Crippen LogP contribution in [0, 0.1) is 18.3 Å². The van der Waals surface area contributed by atoms with Crippen LogP contribution in [0.4, 0.5) is 5.69 Å². The summed E-state index contributed by atoms with van der Waals surface area (Å²) in [6, 6.07) is 14.4. The average molecular weight is 397 g/mol. The van der Waals surface area contributed by atoms with Crippen LogP contribution in [-0.4, -0.2) is 18.5 Å². The molecule has 2 aromatic rings. The van der Waals surface area contributed by atoms with E-state index in [-0.39, 0.29) is 5.57 Å². The molecule has 0 spiro atoms. The summed E-state index contributed by atoms with van der Waals surface area (Å²) in [6.07, 6.45) is 1.44. The summed E-state index contributed by atoms with van der Waals surface area (Å²) in [4.78, 5) is 24.1. The van der Waals surface area contributed by atoms with E-state index >= 15 is 0 Å². The fourth-order valence-corrected chi connectivity index (χ4v) is 2.67. The van der Waals surface area contributed by atoms with Crippen LogP contribution in [0.5, 0.6) is 0 Å². The maximum absolute atomic E-state index is 12.1. The lowest BCUT2D eigenvalue weighted by Gasteiger charge is -2.09. The van der Waals surface area contributed by atoms with Gasteiger partial charge in [-0.15, -0.1) is 0 Å². The Morgan fingerprint density at radius 2 is 1.89 bits per heavy atom. The van der Waals surface area contributed by atoms with Crippen molar-refractivity contribution >= 4 is 35.2 Å². The molecule has 0 radical (unpaired) electrons. The van der Waals surface area contributed by atoms with Gasteiger partial charge in [0.25, 0.3) is 5.91 Å². The molecule has 0 saturated heterocycles. The summed E-state index contributed by atoms with van der Waals surface area (Å²) < 4.78 is 4.96. The summed E-state index contributed by atoms with van der Waals surface area (Å²) in [5, 5.41) is 12.4. The van der Waals surface area contributed by atoms with Gasteiger partial charge < -0.3 is 10.1 Å². The molecule has 0 unspecified atom stereocenters. The fraction of sp³-hybridized carbons (Fsp3) is 0.227. The Morgan fingerprint density at radius 1 is 1.21 bits per heavy atom. The van der Waals surface area contributed by atoms with Gasteiger partial charge in [0.1, 0.15) is 11.6 Å². The summed E-state index contributed by atoms with van der Waals surface area (Å²) in [6.45, 7) is 5.47. The van der Waals surface area contributed by atoms with E-state index in [2.05, 4.69) is 19.2 Å². The number of benzene rings is 2. The topological polar surface area (TPSA) is 79.2 Å². The Balaban J connectivity index is 1.97. The molecule has 6 heteroatoms. The fourth-order valence-electron chi connectivity index (χ4n) is 2.44. The molecule has 2 rings (SSSR count). The van der Waals surface area contributed by atoms with Crippen LogP contribution >= 0.6 is 11.6 Å². The van der Waals surface area contributed by atoms with Crippen molar-refractivity contribution in [3.63, 3.8) is 0 Å².